The van der Waals surface area contributed by atoms with Gasteiger partial charge in [-0.25, -0.2) is 0 Å². The minimum absolute atomic E-state index is 0.0463. The number of fused-ring (bicyclic) bond motifs is 6. The highest BCUT2D eigenvalue weighted by atomic mass is 15.2. The average molecular weight is 543 g/mol. The summed E-state index contributed by atoms with van der Waals surface area (Å²) in [7, 11) is 0. The summed E-state index contributed by atoms with van der Waals surface area (Å²) in [5, 5.41) is 19.2. The van der Waals surface area contributed by atoms with Gasteiger partial charge in [-0.1, -0.05) is 78.9 Å². The van der Waals surface area contributed by atoms with Gasteiger partial charge in [0, 0.05) is 40.2 Å². The van der Waals surface area contributed by atoms with Gasteiger partial charge in [0.15, 0.2) is 0 Å². The van der Waals surface area contributed by atoms with Gasteiger partial charge in [-0.05, 0) is 72.4 Å². The molecule has 3 aromatic rings. The van der Waals surface area contributed by atoms with Crippen LogP contribution in [0.4, 0.5) is 17.1 Å². The molecular formula is C38H30N4. The molecule has 4 heteroatoms. The quantitative estimate of drug-likeness (QED) is 0.314. The fourth-order valence-corrected chi connectivity index (χ4v) is 7.93. The summed E-state index contributed by atoms with van der Waals surface area (Å²) >= 11 is 0. The van der Waals surface area contributed by atoms with Crippen molar-refractivity contribution < 1.29 is 0 Å². The monoisotopic (exact) mass is 542 g/mol. The zero-order valence-corrected chi connectivity index (χ0v) is 23.2. The molecule has 6 atom stereocenters. The number of nitriles is 2. The summed E-state index contributed by atoms with van der Waals surface area (Å²) in [6, 6.07) is 32.7. The van der Waals surface area contributed by atoms with E-state index in [0.717, 1.165) is 18.5 Å². The van der Waals surface area contributed by atoms with E-state index in [4.69, 9.17) is 0 Å². The van der Waals surface area contributed by atoms with Gasteiger partial charge in [0.05, 0.1) is 35.7 Å². The third-order valence-corrected chi connectivity index (χ3v) is 9.73. The molecule has 8 rings (SSSR count). The van der Waals surface area contributed by atoms with Crippen LogP contribution in [0.15, 0.2) is 138 Å². The van der Waals surface area contributed by atoms with Gasteiger partial charge in [-0.3, -0.25) is 0 Å². The first-order valence-corrected chi connectivity index (χ1v) is 14.9. The van der Waals surface area contributed by atoms with Crippen LogP contribution in [0.25, 0.3) is 0 Å². The maximum Gasteiger partial charge on any atom is 0.0991 e. The van der Waals surface area contributed by atoms with Crippen LogP contribution in [0.5, 0.6) is 0 Å². The molecular weight excluding hydrogens is 512 g/mol. The third kappa shape index (κ3) is 3.73. The van der Waals surface area contributed by atoms with Crippen LogP contribution in [0.1, 0.15) is 29.9 Å². The van der Waals surface area contributed by atoms with Gasteiger partial charge >= 0.3 is 0 Å². The van der Waals surface area contributed by atoms with Crippen molar-refractivity contribution in [2.45, 2.75) is 30.8 Å². The Morgan fingerprint density at radius 2 is 1.57 bits per heavy atom. The van der Waals surface area contributed by atoms with E-state index in [1.165, 1.54) is 33.8 Å². The van der Waals surface area contributed by atoms with Crippen molar-refractivity contribution in [3.05, 3.63) is 149 Å². The molecule has 0 saturated carbocycles. The Morgan fingerprint density at radius 1 is 0.762 bits per heavy atom. The molecule has 2 aliphatic heterocycles. The molecule has 0 N–H and O–H groups in total. The highest BCUT2D eigenvalue weighted by molar-refractivity contribution is 5.81. The van der Waals surface area contributed by atoms with E-state index in [2.05, 4.69) is 131 Å². The zero-order chi connectivity index (χ0) is 28.2. The van der Waals surface area contributed by atoms with Crippen LogP contribution in [0.3, 0.4) is 0 Å². The number of allylic oxidation sites excluding steroid dienone is 7. The predicted molar refractivity (Wildman–Crippen MR) is 167 cm³/mol. The number of para-hydroxylation sites is 2. The Balaban J connectivity index is 1.26. The summed E-state index contributed by atoms with van der Waals surface area (Å²) in [4.78, 5) is 4.99. The Morgan fingerprint density at radius 3 is 2.38 bits per heavy atom. The van der Waals surface area contributed by atoms with Gasteiger partial charge < -0.3 is 9.80 Å². The van der Waals surface area contributed by atoms with Gasteiger partial charge in [-0.15, -0.1) is 0 Å². The molecule has 4 nitrogen and oxygen atoms in total. The number of hydrogen-bond donors (Lipinski definition) is 0. The lowest BCUT2D eigenvalue weighted by Gasteiger charge is -2.34. The number of hydrogen-bond acceptors (Lipinski definition) is 4. The highest BCUT2D eigenvalue weighted by Gasteiger charge is 2.49. The second-order valence-electron chi connectivity index (χ2n) is 11.8. The second kappa shape index (κ2) is 9.79. The molecule has 42 heavy (non-hydrogen) atoms. The normalized spacial score (nSPS) is 28.4. The lowest BCUT2D eigenvalue weighted by molar-refractivity contribution is 0.372. The molecule has 1 fully saturated rings. The minimum atomic E-state index is -0.0463. The van der Waals surface area contributed by atoms with E-state index in [1.807, 2.05) is 12.1 Å². The van der Waals surface area contributed by atoms with E-state index in [-0.39, 0.29) is 18.0 Å². The first kappa shape index (κ1) is 24.7. The van der Waals surface area contributed by atoms with E-state index < -0.39 is 0 Å². The molecule has 0 radical (unpaired) electrons. The Bertz CT molecular complexity index is 1790. The van der Waals surface area contributed by atoms with E-state index in [1.54, 1.807) is 0 Å². The molecule has 0 spiro atoms. The first-order chi connectivity index (χ1) is 20.7. The summed E-state index contributed by atoms with van der Waals surface area (Å²) < 4.78 is 0. The molecule has 202 valence electrons. The average Bonchev–Trinajstić information content (AvgIpc) is 3.57. The fraction of sp³-hybridized carbons (Fsp3) is 0.211. The maximum absolute atomic E-state index is 9.75. The van der Waals surface area contributed by atoms with Crippen LogP contribution in [-0.2, 0) is 0 Å². The van der Waals surface area contributed by atoms with Crippen LogP contribution >= 0.6 is 0 Å². The summed E-state index contributed by atoms with van der Waals surface area (Å²) in [5.74, 6) is 0.942. The lowest BCUT2D eigenvalue weighted by atomic mass is 9.75. The molecule has 0 amide bonds. The number of anilines is 3. The molecule has 2 heterocycles. The van der Waals surface area contributed by atoms with Crippen LogP contribution in [0, 0.1) is 40.4 Å². The number of nitrogens with zero attached hydrogens (tertiary/aromatic N) is 4. The van der Waals surface area contributed by atoms with E-state index in [0.29, 0.717) is 23.3 Å². The van der Waals surface area contributed by atoms with Crippen molar-refractivity contribution in [2.75, 3.05) is 9.80 Å². The zero-order valence-electron chi connectivity index (χ0n) is 23.2. The Kier molecular flexibility index (Phi) is 5.76. The van der Waals surface area contributed by atoms with Crippen molar-refractivity contribution in [2.24, 2.45) is 17.8 Å². The van der Waals surface area contributed by atoms with Gasteiger partial charge in [0.1, 0.15) is 0 Å². The smallest absolute Gasteiger partial charge is 0.0991 e. The first-order valence-electron chi connectivity index (χ1n) is 14.9. The summed E-state index contributed by atoms with van der Waals surface area (Å²) in [6.45, 7) is 0. The van der Waals surface area contributed by atoms with E-state index in [9.17, 15) is 10.5 Å². The van der Waals surface area contributed by atoms with Gasteiger partial charge in [0.2, 0.25) is 0 Å². The van der Waals surface area contributed by atoms with Gasteiger partial charge in [-0.2, -0.15) is 10.5 Å². The van der Waals surface area contributed by atoms with Crippen LogP contribution in [0.2, 0.25) is 0 Å². The number of rotatable bonds is 3. The maximum atomic E-state index is 9.75. The van der Waals surface area contributed by atoms with Gasteiger partial charge in [0.25, 0.3) is 0 Å². The van der Waals surface area contributed by atoms with Crippen LogP contribution < -0.4 is 9.80 Å². The largest absolute Gasteiger partial charge is 0.358 e. The highest BCUT2D eigenvalue weighted by Crippen LogP contribution is 2.54. The molecule has 0 bridgehead atoms. The molecule has 5 aliphatic rings. The molecule has 3 aromatic carbocycles. The fourth-order valence-electron chi connectivity index (χ4n) is 7.93. The topological polar surface area (TPSA) is 54.1 Å². The van der Waals surface area contributed by atoms with Crippen molar-refractivity contribution >= 4 is 17.1 Å². The van der Waals surface area contributed by atoms with Crippen LogP contribution in [-0.4, -0.2) is 12.1 Å². The summed E-state index contributed by atoms with van der Waals surface area (Å²) in [6.07, 6.45) is 18.1. The van der Waals surface area contributed by atoms with Crippen molar-refractivity contribution in [1.82, 2.24) is 0 Å². The van der Waals surface area contributed by atoms with E-state index >= 15 is 0 Å². The Hall–Kier alpha value is -5.06. The number of benzene rings is 3. The van der Waals surface area contributed by atoms with Crippen molar-refractivity contribution in [1.29, 1.82) is 10.5 Å². The Labute approximate surface area is 247 Å². The molecule has 0 aromatic heterocycles. The van der Waals surface area contributed by atoms with Crippen molar-refractivity contribution in [3.63, 3.8) is 0 Å². The molecule has 3 aliphatic carbocycles. The SMILES string of the molecule is N#Cc1ccc(N2C3C=C(C4=C5C(CC=C4)c4ccccc4N5c4ccccc4)C=CC3C3CC(C#N)C=CC32)cc1. The summed E-state index contributed by atoms with van der Waals surface area (Å²) in [5.41, 5.74) is 9.51. The minimum Gasteiger partial charge on any atom is -0.358 e. The predicted octanol–water partition coefficient (Wildman–Crippen LogP) is 8.09. The second-order valence-corrected chi connectivity index (χ2v) is 11.8. The molecule has 6 unspecified atom stereocenters. The lowest BCUT2D eigenvalue weighted by Crippen LogP contribution is -2.38. The third-order valence-electron chi connectivity index (χ3n) is 9.73. The molecule has 1 saturated heterocycles. The van der Waals surface area contributed by atoms with Crippen molar-refractivity contribution in [3.8, 4) is 12.1 Å². The standard InChI is InChI=1S/C38H30N4/c39-23-25-13-17-29(18-14-25)41-36-20-15-26(24-40)21-34(36)32-19-16-27(22-37(32)41)30-10-6-11-33-31-9-4-5-12-35(31)42(38(30)33)28-7-2-1-3-8-28/h1-10,12-20,22,26,32-34,36-37H,11,21H2.